The van der Waals surface area contributed by atoms with Crippen LogP contribution in [0, 0.1) is 6.92 Å². The van der Waals surface area contributed by atoms with Gasteiger partial charge in [-0.1, -0.05) is 25.6 Å². The minimum absolute atomic E-state index is 0.575. The van der Waals surface area contributed by atoms with Gasteiger partial charge >= 0.3 is 0 Å². The summed E-state index contributed by atoms with van der Waals surface area (Å²) in [6, 6.07) is 0.575. The molecule has 0 aliphatic rings. The number of thioether (sulfide) groups is 1. The van der Waals surface area contributed by atoms with E-state index >= 15 is 0 Å². The topological polar surface area (TPSA) is 37.8 Å². The first kappa shape index (κ1) is 12.9. The van der Waals surface area contributed by atoms with Crippen LogP contribution in [0.2, 0.25) is 0 Å². The van der Waals surface area contributed by atoms with Crippen molar-refractivity contribution in [3.05, 3.63) is 5.82 Å². The molecule has 1 N–H and O–H groups in total. The fourth-order valence-electron chi connectivity index (χ4n) is 1.48. The predicted octanol–water partition coefficient (Wildman–Crippen LogP) is 2.72. The van der Waals surface area contributed by atoms with Crippen molar-refractivity contribution in [3.8, 4) is 0 Å². The third-order valence-electron chi connectivity index (χ3n) is 2.05. The molecule has 0 aliphatic heterocycles. The molecule has 2 atom stereocenters. The molecule has 0 saturated heterocycles. The van der Waals surface area contributed by atoms with Gasteiger partial charge < -0.3 is 5.32 Å². The van der Waals surface area contributed by atoms with Gasteiger partial charge in [0, 0.05) is 11.3 Å². The molecule has 0 radical (unpaired) electrons. The average Bonchev–Trinajstić information content (AvgIpc) is 2.51. The fourth-order valence-corrected chi connectivity index (χ4v) is 3.59. The van der Waals surface area contributed by atoms with Gasteiger partial charge in [-0.05, 0) is 38.3 Å². The predicted molar refractivity (Wildman–Crippen MR) is 67.7 cm³/mol. The molecule has 2 unspecified atom stereocenters. The van der Waals surface area contributed by atoms with Crippen LogP contribution in [0.4, 0.5) is 0 Å². The van der Waals surface area contributed by atoms with Gasteiger partial charge in [-0.25, -0.2) is 4.98 Å². The number of nitrogens with one attached hydrogen (secondary N) is 1. The normalized spacial score (nSPS) is 15.2. The number of rotatable bonds is 6. The van der Waals surface area contributed by atoms with Crippen molar-refractivity contribution in [1.82, 2.24) is 14.7 Å². The van der Waals surface area contributed by atoms with Crippen LogP contribution in [0.1, 0.15) is 33.0 Å². The van der Waals surface area contributed by atoms with Gasteiger partial charge in [-0.15, -0.1) is 0 Å². The third-order valence-corrected chi connectivity index (χ3v) is 4.05. The molecule has 0 bridgehead atoms. The van der Waals surface area contributed by atoms with E-state index in [1.165, 1.54) is 11.5 Å². The molecule has 1 aromatic rings. The summed E-state index contributed by atoms with van der Waals surface area (Å²) in [6.07, 6.45) is 1.16. The number of aryl methyl sites for hydroxylation is 1. The van der Waals surface area contributed by atoms with E-state index in [1.807, 2.05) is 18.7 Å². The van der Waals surface area contributed by atoms with Crippen molar-refractivity contribution in [1.29, 1.82) is 0 Å². The molecule has 0 fully saturated rings. The molecule has 5 heteroatoms. The van der Waals surface area contributed by atoms with Gasteiger partial charge in [0.05, 0.1) is 0 Å². The molecule has 0 aliphatic carbocycles. The van der Waals surface area contributed by atoms with E-state index in [0.29, 0.717) is 11.3 Å². The monoisotopic (exact) mass is 245 g/mol. The Hall–Kier alpha value is -0.130. The summed E-state index contributed by atoms with van der Waals surface area (Å²) in [5.74, 6) is 0.884. The summed E-state index contributed by atoms with van der Waals surface area (Å²) in [5.41, 5.74) is 0. The highest BCUT2D eigenvalue weighted by molar-refractivity contribution is 8.01. The molecular formula is C10H19N3S2. The SMILES string of the molecule is CCNC(C)CC(C)Sc1nc(C)ns1. The Morgan fingerprint density at radius 3 is 2.73 bits per heavy atom. The first-order valence-electron chi connectivity index (χ1n) is 5.32. The van der Waals surface area contributed by atoms with Crippen LogP contribution in [0.5, 0.6) is 0 Å². The molecule has 1 rings (SSSR count). The highest BCUT2D eigenvalue weighted by Gasteiger charge is 2.11. The first-order chi connectivity index (χ1) is 7.11. The second-order valence-electron chi connectivity index (χ2n) is 3.73. The van der Waals surface area contributed by atoms with Crippen molar-refractivity contribution in [2.45, 2.75) is 49.7 Å². The lowest BCUT2D eigenvalue weighted by Crippen LogP contribution is -2.28. The Labute approximate surface area is 100 Å². The molecule has 1 aromatic heterocycles. The highest BCUT2D eigenvalue weighted by atomic mass is 32.2. The van der Waals surface area contributed by atoms with E-state index in [4.69, 9.17) is 0 Å². The summed E-state index contributed by atoms with van der Waals surface area (Å²) in [5, 5.41) is 4.01. The largest absolute Gasteiger partial charge is 0.314 e. The van der Waals surface area contributed by atoms with Crippen molar-refractivity contribution in [2.24, 2.45) is 0 Å². The average molecular weight is 245 g/mol. The molecule has 86 valence electrons. The molecule has 1 heterocycles. The summed E-state index contributed by atoms with van der Waals surface area (Å²) < 4.78 is 5.27. The quantitative estimate of drug-likeness (QED) is 0.782. The van der Waals surface area contributed by atoms with Crippen LogP contribution in [-0.4, -0.2) is 27.2 Å². The van der Waals surface area contributed by atoms with Crippen molar-refractivity contribution >= 4 is 23.3 Å². The Morgan fingerprint density at radius 1 is 1.47 bits per heavy atom. The van der Waals surface area contributed by atoms with Gasteiger partial charge in [0.15, 0.2) is 4.34 Å². The summed E-state index contributed by atoms with van der Waals surface area (Å²) in [4.78, 5) is 4.35. The minimum Gasteiger partial charge on any atom is -0.314 e. The van der Waals surface area contributed by atoms with E-state index in [2.05, 4.69) is 35.4 Å². The Morgan fingerprint density at radius 2 is 2.20 bits per heavy atom. The van der Waals surface area contributed by atoms with Gasteiger partial charge in [0.25, 0.3) is 0 Å². The zero-order chi connectivity index (χ0) is 11.3. The van der Waals surface area contributed by atoms with Gasteiger partial charge in [-0.3, -0.25) is 0 Å². The second-order valence-corrected chi connectivity index (χ2v) is 6.17. The molecule has 3 nitrogen and oxygen atoms in total. The maximum Gasteiger partial charge on any atom is 0.170 e. The van der Waals surface area contributed by atoms with E-state index in [-0.39, 0.29) is 0 Å². The molecule has 0 spiro atoms. The lowest BCUT2D eigenvalue weighted by molar-refractivity contribution is 0.530. The molecule has 15 heavy (non-hydrogen) atoms. The third kappa shape index (κ3) is 4.95. The molecular weight excluding hydrogens is 226 g/mol. The van der Waals surface area contributed by atoms with Crippen LogP contribution in [-0.2, 0) is 0 Å². The smallest absolute Gasteiger partial charge is 0.170 e. The van der Waals surface area contributed by atoms with Gasteiger partial charge in [0.2, 0.25) is 0 Å². The first-order valence-corrected chi connectivity index (χ1v) is 6.97. The van der Waals surface area contributed by atoms with E-state index in [9.17, 15) is 0 Å². The molecule has 0 saturated carbocycles. The highest BCUT2D eigenvalue weighted by Crippen LogP contribution is 2.27. The van der Waals surface area contributed by atoms with Crippen molar-refractivity contribution in [2.75, 3.05) is 6.54 Å². The number of aromatic nitrogens is 2. The summed E-state index contributed by atoms with van der Waals surface area (Å²) >= 11 is 3.32. The Bertz CT molecular complexity index is 288. The lowest BCUT2D eigenvalue weighted by Gasteiger charge is -2.16. The number of nitrogens with zero attached hydrogens (tertiary/aromatic N) is 2. The number of hydrogen-bond acceptors (Lipinski definition) is 5. The van der Waals surface area contributed by atoms with Crippen LogP contribution < -0.4 is 5.32 Å². The van der Waals surface area contributed by atoms with E-state index in [0.717, 1.165) is 23.1 Å². The molecule has 0 amide bonds. The molecule has 0 aromatic carbocycles. The van der Waals surface area contributed by atoms with Crippen LogP contribution in [0.25, 0.3) is 0 Å². The Balaban J connectivity index is 2.32. The van der Waals surface area contributed by atoms with Crippen LogP contribution in [0.3, 0.4) is 0 Å². The van der Waals surface area contributed by atoms with Gasteiger partial charge in [-0.2, -0.15) is 4.37 Å². The lowest BCUT2D eigenvalue weighted by atomic mass is 10.2. The van der Waals surface area contributed by atoms with Crippen LogP contribution in [0.15, 0.2) is 4.34 Å². The van der Waals surface area contributed by atoms with E-state index in [1.54, 1.807) is 0 Å². The van der Waals surface area contributed by atoms with Crippen molar-refractivity contribution < 1.29 is 0 Å². The Kier molecular flexibility index (Phi) is 5.56. The maximum atomic E-state index is 4.35. The van der Waals surface area contributed by atoms with Gasteiger partial charge in [0.1, 0.15) is 5.82 Å². The zero-order valence-electron chi connectivity index (χ0n) is 9.78. The number of hydrogen-bond donors (Lipinski definition) is 1. The maximum absolute atomic E-state index is 4.35. The summed E-state index contributed by atoms with van der Waals surface area (Å²) in [7, 11) is 0. The van der Waals surface area contributed by atoms with E-state index < -0.39 is 0 Å². The van der Waals surface area contributed by atoms with Crippen LogP contribution >= 0.6 is 23.3 Å². The van der Waals surface area contributed by atoms with Crippen molar-refractivity contribution in [3.63, 3.8) is 0 Å². The fraction of sp³-hybridized carbons (Fsp3) is 0.800. The summed E-state index contributed by atoms with van der Waals surface area (Å²) in [6.45, 7) is 9.59. The zero-order valence-corrected chi connectivity index (χ0v) is 11.4. The second kappa shape index (κ2) is 6.45. The minimum atomic E-state index is 0.575. The standard InChI is InChI=1S/C10H19N3S2/c1-5-11-7(2)6-8(3)14-10-12-9(4)13-15-10/h7-8,11H,5-6H2,1-4H3.